The Morgan fingerprint density at radius 1 is 1.15 bits per heavy atom. The van der Waals surface area contributed by atoms with E-state index < -0.39 is 0 Å². The molecule has 3 rings (SSSR count). The first-order chi connectivity index (χ1) is 12.7. The van der Waals surface area contributed by atoms with E-state index in [9.17, 15) is 4.79 Å². The highest BCUT2D eigenvalue weighted by Gasteiger charge is 2.15. The third-order valence-electron chi connectivity index (χ3n) is 4.10. The van der Waals surface area contributed by atoms with Crippen molar-refractivity contribution in [1.29, 1.82) is 0 Å². The van der Waals surface area contributed by atoms with Crippen LogP contribution in [0.15, 0.2) is 30.6 Å². The maximum atomic E-state index is 12.3. The van der Waals surface area contributed by atoms with Gasteiger partial charge in [-0.2, -0.15) is 0 Å². The molecule has 1 saturated heterocycles. The van der Waals surface area contributed by atoms with Crippen LogP contribution in [-0.2, 0) is 11.3 Å². The van der Waals surface area contributed by atoms with Crippen molar-refractivity contribution in [3.63, 3.8) is 0 Å². The fraction of sp³-hybridized carbons (Fsp3) is 0.389. The normalized spacial score (nSPS) is 14.0. The molecule has 8 heteroatoms. The Balaban J connectivity index is 1.59. The molecule has 1 aromatic carbocycles. The van der Waals surface area contributed by atoms with Crippen LogP contribution in [0.2, 0.25) is 0 Å². The molecule has 1 amide bonds. The molecule has 0 spiro atoms. The molecule has 2 aromatic rings. The summed E-state index contributed by atoms with van der Waals surface area (Å²) in [7, 11) is 3.16. The molecule has 138 valence electrons. The van der Waals surface area contributed by atoms with Crippen LogP contribution >= 0.6 is 0 Å². The number of methoxy groups -OCH3 is 2. The molecular weight excluding hydrogens is 336 g/mol. The molecular formula is C18H22N4O4. The van der Waals surface area contributed by atoms with Gasteiger partial charge in [-0.1, -0.05) is 6.07 Å². The van der Waals surface area contributed by atoms with Gasteiger partial charge in [-0.05, 0) is 17.7 Å². The number of anilines is 1. The fourth-order valence-corrected chi connectivity index (χ4v) is 2.64. The van der Waals surface area contributed by atoms with Gasteiger partial charge in [-0.15, -0.1) is 0 Å². The average molecular weight is 358 g/mol. The summed E-state index contributed by atoms with van der Waals surface area (Å²) in [6.07, 6.45) is 3.09. The maximum absolute atomic E-state index is 12.3. The number of ether oxygens (including phenoxy) is 3. The van der Waals surface area contributed by atoms with Crippen molar-refractivity contribution in [2.45, 2.75) is 6.54 Å². The summed E-state index contributed by atoms with van der Waals surface area (Å²) in [4.78, 5) is 22.9. The average Bonchev–Trinajstić information content (AvgIpc) is 2.72. The lowest BCUT2D eigenvalue weighted by Crippen LogP contribution is -2.37. The second-order valence-corrected chi connectivity index (χ2v) is 5.74. The van der Waals surface area contributed by atoms with E-state index in [1.54, 1.807) is 32.7 Å². The molecule has 1 aliphatic rings. The van der Waals surface area contributed by atoms with Gasteiger partial charge >= 0.3 is 0 Å². The number of benzene rings is 1. The number of nitrogens with one attached hydrogen (secondary N) is 1. The monoisotopic (exact) mass is 358 g/mol. The molecule has 0 bridgehead atoms. The predicted octanol–water partition coefficient (Wildman–Crippen LogP) is 1.26. The van der Waals surface area contributed by atoms with Crippen LogP contribution in [0.1, 0.15) is 15.9 Å². The molecule has 26 heavy (non-hydrogen) atoms. The van der Waals surface area contributed by atoms with E-state index in [2.05, 4.69) is 15.3 Å². The van der Waals surface area contributed by atoms with Crippen LogP contribution < -0.4 is 19.7 Å². The van der Waals surface area contributed by atoms with E-state index >= 15 is 0 Å². The number of aromatic nitrogens is 2. The highest BCUT2D eigenvalue weighted by molar-refractivity contribution is 5.93. The second-order valence-electron chi connectivity index (χ2n) is 5.74. The van der Waals surface area contributed by atoms with Crippen molar-refractivity contribution in [2.24, 2.45) is 0 Å². The Labute approximate surface area is 152 Å². The van der Waals surface area contributed by atoms with Crippen LogP contribution in [0, 0.1) is 0 Å². The van der Waals surface area contributed by atoms with E-state index in [4.69, 9.17) is 14.2 Å². The Kier molecular flexibility index (Phi) is 5.85. The maximum Gasteiger partial charge on any atom is 0.254 e. The number of hydrogen-bond donors (Lipinski definition) is 1. The lowest BCUT2D eigenvalue weighted by molar-refractivity contribution is 0.0950. The van der Waals surface area contributed by atoms with Crippen LogP contribution in [0.3, 0.4) is 0 Å². The molecule has 1 fully saturated rings. The number of amides is 1. The van der Waals surface area contributed by atoms with Gasteiger partial charge in [0.2, 0.25) is 5.95 Å². The van der Waals surface area contributed by atoms with E-state index in [1.165, 1.54) is 0 Å². The molecule has 0 saturated carbocycles. The SMILES string of the molecule is COc1ccc(CNC(=O)c2cnc(N3CCOCC3)nc2)cc1OC. The van der Waals surface area contributed by atoms with Gasteiger partial charge in [0.1, 0.15) is 0 Å². The molecule has 0 atom stereocenters. The highest BCUT2D eigenvalue weighted by atomic mass is 16.5. The van der Waals surface area contributed by atoms with Crippen LogP contribution in [0.5, 0.6) is 11.5 Å². The molecule has 2 heterocycles. The molecule has 1 aliphatic heterocycles. The van der Waals surface area contributed by atoms with Gasteiger partial charge < -0.3 is 24.4 Å². The van der Waals surface area contributed by atoms with Gasteiger partial charge in [-0.3, -0.25) is 4.79 Å². The van der Waals surface area contributed by atoms with Gasteiger partial charge in [-0.25, -0.2) is 9.97 Å². The third kappa shape index (κ3) is 4.20. The van der Waals surface area contributed by atoms with Crippen molar-refractivity contribution in [3.05, 3.63) is 41.7 Å². The van der Waals surface area contributed by atoms with E-state index in [1.807, 2.05) is 17.0 Å². The van der Waals surface area contributed by atoms with E-state index in [0.29, 0.717) is 42.8 Å². The zero-order chi connectivity index (χ0) is 18.4. The van der Waals surface area contributed by atoms with Crippen molar-refractivity contribution >= 4 is 11.9 Å². The fourth-order valence-electron chi connectivity index (χ4n) is 2.64. The minimum absolute atomic E-state index is 0.228. The second kappa shape index (κ2) is 8.48. The Bertz CT molecular complexity index is 745. The number of carbonyl (C=O) groups excluding carboxylic acids is 1. The first-order valence-corrected chi connectivity index (χ1v) is 8.35. The zero-order valence-corrected chi connectivity index (χ0v) is 14.9. The third-order valence-corrected chi connectivity index (χ3v) is 4.10. The standard InChI is InChI=1S/C18H22N4O4/c1-24-15-4-3-13(9-16(15)25-2)10-19-17(23)14-11-20-18(21-12-14)22-5-7-26-8-6-22/h3-4,9,11-12H,5-8,10H2,1-2H3,(H,19,23). The van der Waals surface area contributed by atoms with Gasteiger partial charge in [0.25, 0.3) is 5.91 Å². The largest absolute Gasteiger partial charge is 0.493 e. The summed E-state index contributed by atoms with van der Waals surface area (Å²) in [5.41, 5.74) is 1.32. The Hall–Kier alpha value is -2.87. The number of morpholine rings is 1. The first-order valence-electron chi connectivity index (χ1n) is 8.35. The Morgan fingerprint density at radius 2 is 1.85 bits per heavy atom. The minimum Gasteiger partial charge on any atom is -0.493 e. The van der Waals surface area contributed by atoms with Crippen molar-refractivity contribution < 1.29 is 19.0 Å². The summed E-state index contributed by atoms with van der Waals surface area (Å²) in [6, 6.07) is 5.51. The summed E-state index contributed by atoms with van der Waals surface area (Å²) in [6.45, 7) is 3.20. The predicted molar refractivity (Wildman–Crippen MR) is 95.8 cm³/mol. The minimum atomic E-state index is -0.228. The van der Waals surface area contributed by atoms with Crippen LogP contribution in [0.4, 0.5) is 5.95 Å². The summed E-state index contributed by atoms with van der Waals surface area (Å²) >= 11 is 0. The molecule has 0 unspecified atom stereocenters. The van der Waals surface area contributed by atoms with Gasteiger partial charge in [0, 0.05) is 32.0 Å². The molecule has 1 aromatic heterocycles. The molecule has 8 nitrogen and oxygen atoms in total. The first kappa shape index (κ1) is 17.9. The lowest BCUT2D eigenvalue weighted by Gasteiger charge is -2.26. The number of hydrogen-bond acceptors (Lipinski definition) is 7. The van der Waals surface area contributed by atoms with Gasteiger partial charge in [0.05, 0.1) is 33.0 Å². The van der Waals surface area contributed by atoms with E-state index in [0.717, 1.165) is 18.7 Å². The molecule has 0 aliphatic carbocycles. The van der Waals surface area contributed by atoms with Crippen molar-refractivity contribution in [3.8, 4) is 11.5 Å². The highest BCUT2D eigenvalue weighted by Crippen LogP contribution is 2.27. The van der Waals surface area contributed by atoms with Gasteiger partial charge in [0.15, 0.2) is 11.5 Å². The number of nitrogens with zero attached hydrogens (tertiary/aromatic N) is 3. The topological polar surface area (TPSA) is 85.8 Å². The van der Waals surface area contributed by atoms with Crippen LogP contribution in [-0.4, -0.2) is 56.4 Å². The number of rotatable bonds is 6. The van der Waals surface area contributed by atoms with Crippen molar-refractivity contribution in [1.82, 2.24) is 15.3 Å². The van der Waals surface area contributed by atoms with Crippen LogP contribution in [0.25, 0.3) is 0 Å². The molecule has 0 radical (unpaired) electrons. The summed E-state index contributed by atoms with van der Waals surface area (Å²) < 4.78 is 15.8. The smallest absolute Gasteiger partial charge is 0.254 e. The summed E-state index contributed by atoms with van der Waals surface area (Å²) in [5.74, 6) is 1.66. The lowest BCUT2D eigenvalue weighted by atomic mass is 10.2. The zero-order valence-electron chi connectivity index (χ0n) is 14.9. The van der Waals surface area contributed by atoms with Crippen molar-refractivity contribution in [2.75, 3.05) is 45.4 Å². The Morgan fingerprint density at radius 3 is 2.50 bits per heavy atom. The molecule has 1 N–H and O–H groups in total. The van der Waals surface area contributed by atoms with E-state index in [-0.39, 0.29) is 5.91 Å². The summed E-state index contributed by atoms with van der Waals surface area (Å²) in [5, 5.41) is 2.85. The number of carbonyl (C=O) groups is 1. The quantitative estimate of drug-likeness (QED) is 0.832.